The van der Waals surface area contributed by atoms with Gasteiger partial charge in [-0.15, -0.1) is 0 Å². The lowest BCUT2D eigenvalue weighted by Crippen LogP contribution is -2.19. The topological polar surface area (TPSA) is 69.7 Å². The van der Waals surface area contributed by atoms with Gasteiger partial charge in [-0.05, 0) is 0 Å². The maximum Gasteiger partial charge on any atom is 0.303 e. The monoisotopic (exact) mass is 248 g/mol. The minimum absolute atomic E-state index is 0.429. The van der Waals surface area contributed by atoms with Gasteiger partial charge in [-0.25, -0.2) is 0 Å². The number of ketones is 1. The number of Topliss-reactive ketones (excluding diaryl/α,β-unsaturated/α-hetero) is 1. The van der Waals surface area contributed by atoms with Crippen molar-refractivity contribution in [2.45, 2.75) is 26.1 Å². The Morgan fingerprint density at radius 1 is 0.944 bits per heavy atom. The van der Waals surface area contributed by atoms with E-state index in [0.29, 0.717) is 11.1 Å². The molecule has 2 unspecified atom stereocenters. The molecule has 0 radical (unpaired) electrons. The zero-order chi connectivity index (χ0) is 13.3. The highest BCUT2D eigenvalue weighted by atomic mass is 16.6. The predicted molar refractivity (Wildman–Crippen MR) is 60.5 cm³/mol. The fourth-order valence-corrected chi connectivity index (χ4v) is 2.01. The van der Waals surface area contributed by atoms with Gasteiger partial charge in [0.1, 0.15) is 0 Å². The molecule has 0 saturated heterocycles. The van der Waals surface area contributed by atoms with Gasteiger partial charge in [0.05, 0.1) is 0 Å². The number of carbonyl (C=O) groups is 3. The second-order valence-corrected chi connectivity index (χ2v) is 4.01. The van der Waals surface area contributed by atoms with E-state index in [9.17, 15) is 14.4 Å². The summed E-state index contributed by atoms with van der Waals surface area (Å²) >= 11 is 0. The Labute approximate surface area is 104 Å². The van der Waals surface area contributed by atoms with Crippen LogP contribution in [0, 0.1) is 0 Å². The summed E-state index contributed by atoms with van der Waals surface area (Å²) in [7, 11) is 0. The highest BCUT2D eigenvalue weighted by Crippen LogP contribution is 2.40. The number of hydrogen-bond donors (Lipinski definition) is 0. The maximum atomic E-state index is 12.1. The molecule has 0 fully saturated rings. The fraction of sp³-hybridized carbons (Fsp3) is 0.308. The predicted octanol–water partition coefficient (Wildman–Crippen LogP) is 1.48. The molecule has 0 amide bonds. The molecule has 94 valence electrons. The second-order valence-electron chi connectivity index (χ2n) is 4.01. The third-order valence-corrected chi connectivity index (χ3v) is 2.65. The van der Waals surface area contributed by atoms with Crippen LogP contribution < -0.4 is 0 Å². The van der Waals surface area contributed by atoms with Crippen LogP contribution in [0.1, 0.15) is 37.2 Å². The van der Waals surface area contributed by atoms with Crippen molar-refractivity contribution in [1.82, 2.24) is 0 Å². The molecule has 0 heterocycles. The molecule has 1 aromatic rings. The Balaban J connectivity index is 2.39. The molecule has 5 heteroatoms. The van der Waals surface area contributed by atoms with Crippen molar-refractivity contribution in [2.24, 2.45) is 0 Å². The van der Waals surface area contributed by atoms with Crippen molar-refractivity contribution in [3.05, 3.63) is 35.4 Å². The van der Waals surface area contributed by atoms with Gasteiger partial charge in [-0.2, -0.15) is 0 Å². The Kier molecular flexibility index (Phi) is 3.14. The first-order valence-electron chi connectivity index (χ1n) is 5.47. The molecule has 0 bridgehead atoms. The van der Waals surface area contributed by atoms with Crippen LogP contribution in [0.4, 0.5) is 0 Å². The molecule has 5 nitrogen and oxygen atoms in total. The average molecular weight is 248 g/mol. The van der Waals surface area contributed by atoms with E-state index in [1.165, 1.54) is 13.8 Å². The Hall–Kier alpha value is -2.17. The summed E-state index contributed by atoms with van der Waals surface area (Å²) in [4.78, 5) is 34.1. The zero-order valence-electron chi connectivity index (χ0n) is 10.0. The number of esters is 2. The van der Waals surface area contributed by atoms with Crippen LogP contribution in [-0.4, -0.2) is 17.7 Å². The maximum absolute atomic E-state index is 12.1. The summed E-state index contributed by atoms with van der Waals surface area (Å²) in [5, 5.41) is 0. The number of fused-ring (bicyclic) bond motifs is 1. The molecule has 0 saturated carbocycles. The SMILES string of the molecule is CC(=O)OC1C(=O)C(OC(C)=O)c2ccccc21. The first-order chi connectivity index (χ1) is 8.50. The number of carbonyl (C=O) groups excluding carboxylic acids is 3. The molecule has 0 aliphatic heterocycles. The first kappa shape index (κ1) is 12.3. The van der Waals surface area contributed by atoms with Gasteiger partial charge in [0.25, 0.3) is 0 Å². The minimum atomic E-state index is -0.983. The van der Waals surface area contributed by atoms with Crippen molar-refractivity contribution in [3.8, 4) is 0 Å². The Morgan fingerprint density at radius 2 is 1.33 bits per heavy atom. The van der Waals surface area contributed by atoms with E-state index >= 15 is 0 Å². The summed E-state index contributed by atoms with van der Waals surface area (Å²) < 4.78 is 9.96. The van der Waals surface area contributed by atoms with Crippen molar-refractivity contribution in [3.63, 3.8) is 0 Å². The lowest BCUT2D eigenvalue weighted by atomic mass is 10.1. The highest BCUT2D eigenvalue weighted by molar-refractivity contribution is 5.96. The van der Waals surface area contributed by atoms with Gasteiger partial charge < -0.3 is 9.47 Å². The largest absolute Gasteiger partial charge is 0.449 e. The van der Waals surface area contributed by atoms with Crippen LogP contribution in [0.15, 0.2) is 24.3 Å². The van der Waals surface area contributed by atoms with E-state index in [2.05, 4.69) is 0 Å². The van der Waals surface area contributed by atoms with E-state index in [0.717, 1.165) is 0 Å². The lowest BCUT2D eigenvalue weighted by molar-refractivity contribution is -0.161. The van der Waals surface area contributed by atoms with Crippen molar-refractivity contribution >= 4 is 17.7 Å². The molecule has 2 rings (SSSR count). The van der Waals surface area contributed by atoms with Gasteiger partial charge in [0, 0.05) is 25.0 Å². The third-order valence-electron chi connectivity index (χ3n) is 2.65. The van der Waals surface area contributed by atoms with Crippen molar-refractivity contribution in [1.29, 1.82) is 0 Å². The van der Waals surface area contributed by atoms with Gasteiger partial charge in [0.2, 0.25) is 5.78 Å². The van der Waals surface area contributed by atoms with Gasteiger partial charge in [0.15, 0.2) is 12.2 Å². The van der Waals surface area contributed by atoms with E-state index in [1.807, 2.05) is 0 Å². The minimum Gasteiger partial charge on any atom is -0.449 e. The standard InChI is InChI=1S/C13H12O5/c1-7(14)17-12-9-5-3-4-6-10(9)13(11(12)16)18-8(2)15/h3-6,12-13H,1-2H3. The number of hydrogen-bond acceptors (Lipinski definition) is 5. The Morgan fingerprint density at radius 3 is 1.67 bits per heavy atom. The molecule has 0 aromatic heterocycles. The number of ether oxygens (including phenoxy) is 2. The summed E-state index contributed by atoms with van der Waals surface area (Å²) in [5.41, 5.74) is 1.15. The van der Waals surface area contributed by atoms with E-state index in [1.54, 1.807) is 24.3 Å². The smallest absolute Gasteiger partial charge is 0.303 e. The second kappa shape index (κ2) is 4.60. The van der Waals surface area contributed by atoms with Gasteiger partial charge >= 0.3 is 11.9 Å². The van der Waals surface area contributed by atoms with E-state index in [-0.39, 0.29) is 0 Å². The van der Waals surface area contributed by atoms with Crippen LogP contribution in [0.25, 0.3) is 0 Å². The van der Waals surface area contributed by atoms with Gasteiger partial charge in [-0.1, -0.05) is 24.3 Å². The lowest BCUT2D eigenvalue weighted by Gasteiger charge is -2.11. The van der Waals surface area contributed by atoms with E-state index in [4.69, 9.17) is 9.47 Å². The van der Waals surface area contributed by atoms with E-state index < -0.39 is 29.9 Å². The van der Waals surface area contributed by atoms with Crippen LogP contribution in [0.3, 0.4) is 0 Å². The summed E-state index contributed by atoms with van der Waals surface area (Å²) in [6.07, 6.45) is -1.97. The summed E-state index contributed by atoms with van der Waals surface area (Å²) in [6.45, 7) is 2.46. The van der Waals surface area contributed by atoms with Gasteiger partial charge in [-0.3, -0.25) is 14.4 Å². The van der Waals surface area contributed by atoms with Crippen molar-refractivity contribution in [2.75, 3.05) is 0 Å². The quantitative estimate of drug-likeness (QED) is 0.741. The summed E-state index contributed by atoms with van der Waals surface area (Å²) in [6, 6.07) is 6.84. The molecule has 2 atom stereocenters. The normalized spacial score (nSPS) is 21.3. The van der Waals surface area contributed by atoms with Crippen LogP contribution in [-0.2, 0) is 23.9 Å². The molecule has 0 N–H and O–H groups in total. The number of rotatable bonds is 2. The first-order valence-corrected chi connectivity index (χ1v) is 5.47. The zero-order valence-corrected chi connectivity index (χ0v) is 10.0. The van der Waals surface area contributed by atoms with Crippen LogP contribution >= 0.6 is 0 Å². The third kappa shape index (κ3) is 2.11. The molecule has 18 heavy (non-hydrogen) atoms. The molecule has 1 aromatic carbocycles. The van der Waals surface area contributed by atoms with Crippen molar-refractivity contribution < 1.29 is 23.9 Å². The number of benzene rings is 1. The Bertz CT molecular complexity index is 475. The molecular formula is C13H12O5. The van der Waals surface area contributed by atoms with Crippen LogP contribution in [0.2, 0.25) is 0 Å². The average Bonchev–Trinajstić information content (AvgIpc) is 2.54. The molecule has 1 aliphatic rings. The van der Waals surface area contributed by atoms with Crippen LogP contribution in [0.5, 0.6) is 0 Å². The molecule has 1 aliphatic carbocycles. The molecular weight excluding hydrogens is 236 g/mol. The molecule has 0 spiro atoms. The summed E-state index contributed by atoms with van der Waals surface area (Å²) in [5.74, 6) is -1.53. The fourth-order valence-electron chi connectivity index (χ4n) is 2.01. The highest BCUT2D eigenvalue weighted by Gasteiger charge is 2.43.